The summed E-state index contributed by atoms with van der Waals surface area (Å²) >= 11 is 7.06. The van der Waals surface area contributed by atoms with Crippen LogP contribution in [-0.2, 0) is 4.79 Å². The maximum Gasteiger partial charge on any atom is 0.234 e. The normalized spacial score (nSPS) is 10.5. The lowest BCUT2D eigenvalue weighted by atomic mass is 10.3. The summed E-state index contributed by atoms with van der Waals surface area (Å²) in [6.45, 7) is 0. The minimum Gasteiger partial charge on any atom is -0.335 e. The molecule has 0 unspecified atom stereocenters. The molecule has 0 radical (unpaired) electrons. The lowest BCUT2D eigenvalue weighted by molar-refractivity contribution is -0.113. The number of halogens is 1. The Kier molecular flexibility index (Phi) is 4.92. The highest BCUT2D eigenvalue weighted by atomic mass is 35.5. The third-order valence-electron chi connectivity index (χ3n) is 2.95. The molecular formula is C14H12ClN7OS. The molecule has 0 aliphatic heterocycles. The SMILES string of the molecule is Nn1c(SCC(=O)Nc2cccnc2Cl)nnc1-c1cccnc1. The monoisotopic (exact) mass is 361 g/mol. The molecule has 3 aromatic heterocycles. The second kappa shape index (κ2) is 7.28. The van der Waals surface area contributed by atoms with Gasteiger partial charge in [-0.15, -0.1) is 10.2 Å². The molecule has 0 aliphatic carbocycles. The van der Waals surface area contributed by atoms with Crippen molar-refractivity contribution in [2.45, 2.75) is 5.16 Å². The Balaban J connectivity index is 1.64. The molecule has 0 saturated heterocycles. The predicted molar refractivity (Wildman–Crippen MR) is 92.0 cm³/mol. The summed E-state index contributed by atoms with van der Waals surface area (Å²) in [5.41, 5.74) is 1.20. The number of carbonyl (C=O) groups excluding carboxylic acids is 1. The highest BCUT2D eigenvalue weighted by molar-refractivity contribution is 7.99. The molecule has 0 atom stereocenters. The Morgan fingerprint density at radius 3 is 2.88 bits per heavy atom. The summed E-state index contributed by atoms with van der Waals surface area (Å²) in [6, 6.07) is 6.96. The third-order valence-corrected chi connectivity index (χ3v) is 4.19. The lowest BCUT2D eigenvalue weighted by Crippen LogP contribution is -2.16. The van der Waals surface area contributed by atoms with E-state index < -0.39 is 0 Å². The highest BCUT2D eigenvalue weighted by Crippen LogP contribution is 2.22. The lowest BCUT2D eigenvalue weighted by Gasteiger charge is -2.06. The molecular weight excluding hydrogens is 350 g/mol. The van der Waals surface area contributed by atoms with Gasteiger partial charge in [0.25, 0.3) is 0 Å². The summed E-state index contributed by atoms with van der Waals surface area (Å²) in [5, 5.41) is 11.3. The molecule has 3 aromatic rings. The van der Waals surface area contributed by atoms with Crippen LogP contribution in [0.3, 0.4) is 0 Å². The van der Waals surface area contributed by atoms with Gasteiger partial charge >= 0.3 is 0 Å². The van der Waals surface area contributed by atoms with Gasteiger partial charge in [-0.25, -0.2) is 9.66 Å². The fourth-order valence-corrected chi connectivity index (χ4v) is 2.69. The summed E-state index contributed by atoms with van der Waals surface area (Å²) in [4.78, 5) is 19.9. The number of aromatic nitrogens is 5. The van der Waals surface area contributed by atoms with Gasteiger partial charge < -0.3 is 11.2 Å². The summed E-state index contributed by atoms with van der Waals surface area (Å²) in [7, 11) is 0. The Hall–Kier alpha value is -2.65. The third kappa shape index (κ3) is 3.63. The minimum atomic E-state index is -0.249. The molecule has 8 nitrogen and oxygen atoms in total. The van der Waals surface area contributed by atoms with Crippen molar-refractivity contribution in [3.8, 4) is 11.4 Å². The number of amides is 1. The second-order valence-electron chi connectivity index (χ2n) is 4.60. The molecule has 1 amide bonds. The summed E-state index contributed by atoms with van der Waals surface area (Å²) in [5.74, 6) is 6.31. The Morgan fingerprint density at radius 1 is 1.29 bits per heavy atom. The number of carbonyl (C=O) groups is 1. The van der Waals surface area contributed by atoms with E-state index in [4.69, 9.17) is 17.4 Å². The van der Waals surface area contributed by atoms with E-state index in [0.717, 1.165) is 17.3 Å². The number of nitrogens with one attached hydrogen (secondary N) is 1. The van der Waals surface area contributed by atoms with Crippen LogP contribution in [0.4, 0.5) is 5.69 Å². The molecule has 0 spiro atoms. The number of hydrogen-bond acceptors (Lipinski definition) is 7. The van der Waals surface area contributed by atoms with Gasteiger partial charge in [0.2, 0.25) is 11.1 Å². The van der Waals surface area contributed by atoms with Crippen LogP contribution in [0.1, 0.15) is 0 Å². The van der Waals surface area contributed by atoms with Crippen molar-refractivity contribution in [2.75, 3.05) is 16.9 Å². The smallest absolute Gasteiger partial charge is 0.234 e. The average Bonchev–Trinajstić information content (AvgIpc) is 2.97. The van der Waals surface area contributed by atoms with E-state index in [1.165, 1.54) is 4.68 Å². The summed E-state index contributed by atoms with van der Waals surface area (Å²) in [6.07, 6.45) is 4.84. The summed E-state index contributed by atoms with van der Waals surface area (Å²) < 4.78 is 1.33. The zero-order chi connectivity index (χ0) is 16.9. The molecule has 3 rings (SSSR count). The molecule has 122 valence electrons. The van der Waals surface area contributed by atoms with E-state index in [1.807, 2.05) is 6.07 Å². The highest BCUT2D eigenvalue weighted by Gasteiger charge is 2.14. The first-order chi connectivity index (χ1) is 11.6. The molecule has 0 aliphatic rings. The van der Waals surface area contributed by atoms with Crippen molar-refractivity contribution in [3.05, 3.63) is 48.0 Å². The van der Waals surface area contributed by atoms with Crippen LogP contribution in [-0.4, -0.2) is 36.5 Å². The first kappa shape index (κ1) is 16.2. The van der Waals surface area contributed by atoms with Crippen molar-refractivity contribution in [3.63, 3.8) is 0 Å². The Labute approximate surface area is 146 Å². The quantitative estimate of drug-likeness (QED) is 0.405. The van der Waals surface area contributed by atoms with Gasteiger partial charge in [-0.2, -0.15) is 0 Å². The van der Waals surface area contributed by atoms with E-state index >= 15 is 0 Å². The van der Waals surface area contributed by atoms with Crippen molar-refractivity contribution in [2.24, 2.45) is 0 Å². The largest absolute Gasteiger partial charge is 0.335 e. The van der Waals surface area contributed by atoms with Gasteiger partial charge in [0.05, 0.1) is 11.4 Å². The fraction of sp³-hybridized carbons (Fsp3) is 0.0714. The van der Waals surface area contributed by atoms with Gasteiger partial charge in [0.15, 0.2) is 11.0 Å². The number of thioether (sulfide) groups is 1. The van der Waals surface area contributed by atoms with Gasteiger partial charge in [-0.3, -0.25) is 9.78 Å². The molecule has 3 heterocycles. The second-order valence-corrected chi connectivity index (χ2v) is 5.90. The number of anilines is 1. The van der Waals surface area contributed by atoms with E-state index in [2.05, 4.69) is 25.5 Å². The van der Waals surface area contributed by atoms with Crippen LogP contribution in [0.5, 0.6) is 0 Å². The molecule has 24 heavy (non-hydrogen) atoms. The van der Waals surface area contributed by atoms with E-state index in [9.17, 15) is 4.79 Å². The van der Waals surface area contributed by atoms with Crippen LogP contribution >= 0.6 is 23.4 Å². The van der Waals surface area contributed by atoms with Crippen molar-refractivity contribution < 1.29 is 4.79 Å². The van der Waals surface area contributed by atoms with Crippen molar-refractivity contribution >= 4 is 35.0 Å². The zero-order valence-corrected chi connectivity index (χ0v) is 13.8. The number of pyridine rings is 2. The molecule has 0 fully saturated rings. The van der Waals surface area contributed by atoms with Crippen LogP contribution in [0, 0.1) is 0 Å². The number of nitrogens with zero attached hydrogens (tertiary/aromatic N) is 5. The Bertz CT molecular complexity index is 855. The number of hydrogen-bond donors (Lipinski definition) is 2. The minimum absolute atomic E-state index is 0.105. The standard InChI is InChI=1S/C14H12ClN7OS/c15-12-10(4-2-6-18-12)19-11(23)8-24-14-21-20-13(22(14)16)9-3-1-5-17-7-9/h1-7H,8,16H2,(H,19,23). The molecule has 3 N–H and O–H groups in total. The van der Waals surface area contributed by atoms with E-state index in [0.29, 0.717) is 16.7 Å². The van der Waals surface area contributed by atoms with Crippen LogP contribution in [0.15, 0.2) is 48.0 Å². The van der Waals surface area contributed by atoms with Gasteiger partial charge in [-0.1, -0.05) is 23.4 Å². The zero-order valence-electron chi connectivity index (χ0n) is 12.3. The maximum atomic E-state index is 12.0. The van der Waals surface area contributed by atoms with Crippen LogP contribution < -0.4 is 11.2 Å². The first-order valence-electron chi connectivity index (χ1n) is 6.79. The molecule has 0 saturated carbocycles. The number of nitrogen functional groups attached to an aromatic ring is 1. The Morgan fingerprint density at radius 2 is 2.12 bits per heavy atom. The van der Waals surface area contributed by atoms with Crippen LogP contribution in [0.2, 0.25) is 5.15 Å². The van der Waals surface area contributed by atoms with Crippen molar-refractivity contribution in [1.82, 2.24) is 24.8 Å². The van der Waals surface area contributed by atoms with Crippen LogP contribution in [0.25, 0.3) is 11.4 Å². The van der Waals surface area contributed by atoms with Gasteiger partial charge in [0, 0.05) is 24.2 Å². The van der Waals surface area contributed by atoms with Gasteiger partial charge in [-0.05, 0) is 24.3 Å². The number of rotatable bonds is 5. The molecule has 10 heteroatoms. The molecule has 0 aromatic carbocycles. The van der Waals surface area contributed by atoms with E-state index in [1.54, 1.807) is 36.8 Å². The van der Waals surface area contributed by atoms with Gasteiger partial charge in [0.1, 0.15) is 0 Å². The number of nitrogens with two attached hydrogens (primary N) is 1. The van der Waals surface area contributed by atoms with Crippen molar-refractivity contribution in [1.29, 1.82) is 0 Å². The molecule has 0 bridgehead atoms. The topological polar surface area (TPSA) is 112 Å². The average molecular weight is 362 g/mol. The fourth-order valence-electron chi connectivity index (χ4n) is 1.86. The maximum absolute atomic E-state index is 12.0. The van der Waals surface area contributed by atoms with E-state index in [-0.39, 0.29) is 16.8 Å². The first-order valence-corrected chi connectivity index (χ1v) is 8.15. The predicted octanol–water partition coefficient (Wildman–Crippen LogP) is 1.83.